The minimum atomic E-state index is -0.316. The molecule has 0 aliphatic carbocycles. The van der Waals surface area contributed by atoms with Crippen molar-refractivity contribution < 1.29 is 14.4 Å². The van der Waals surface area contributed by atoms with Crippen molar-refractivity contribution in [1.82, 2.24) is 15.2 Å². The molecular weight excluding hydrogens is 430 g/mol. The fourth-order valence-electron chi connectivity index (χ4n) is 3.22. The van der Waals surface area contributed by atoms with Gasteiger partial charge in [-0.15, -0.1) is 11.3 Å². The Bertz CT molecular complexity index is 1110. The van der Waals surface area contributed by atoms with Crippen LogP contribution in [0, 0.1) is 0 Å². The van der Waals surface area contributed by atoms with Crippen LogP contribution in [0.4, 0.5) is 4.79 Å². The summed E-state index contributed by atoms with van der Waals surface area (Å²) in [6.45, 7) is 0.414. The largest absolute Gasteiger partial charge is 0.354 e. The molecule has 1 saturated heterocycles. The molecule has 1 N–H and O–H groups in total. The second kappa shape index (κ2) is 9.89. The van der Waals surface area contributed by atoms with Crippen LogP contribution in [0.2, 0.25) is 0 Å². The van der Waals surface area contributed by atoms with Crippen molar-refractivity contribution in [2.45, 2.75) is 19.3 Å². The number of fused-ring (bicyclic) bond motifs is 1. The van der Waals surface area contributed by atoms with E-state index in [-0.39, 0.29) is 30.1 Å². The van der Waals surface area contributed by atoms with Gasteiger partial charge in [-0.25, -0.2) is 4.98 Å². The van der Waals surface area contributed by atoms with E-state index in [0.717, 1.165) is 39.0 Å². The highest BCUT2D eigenvalue weighted by Crippen LogP contribution is 2.31. The van der Waals surface area contributed by atoms with Crippen molar-refractivity contribution in [2.75, 3.05) is 13.1 Å². The second-order valence-corrected chi connectivity index (χ2v) is 9.13. The second-order valence-electron chi connectivity index (χ2n) is 7.02. The third kappa shape index (κ3) is 5.39. The summed E-state index contributed by atoms with van der Waals surface area (Å²) in [5.74, 6) is -0.406. The molecule has 31 heavy (non-hydrogen) atoms. The van der Waals surface area contributed by atoms with Crippen LogP contribution in [0.25, 0.3) is 16.3 Å². The zero-order chi connectivity index (χ0) is 21.6. The molecule has 0 unspecified atom stereocenters. The number of hydrogen-bond donors (Lipinski definition) is 1. The van der Waals surface area contributed by atoms with Crippen LogP contribution in [0.3, 0.4) is 0 Å². The zero-order valence-electron chi connectivity index (χ0n) is 16.7. The first-order chi connectivity index (χ1) is 15.1. The Balaban J connectivity index is 1.20. The third-order valence-corrected chi connectivity index (χ3v) is 6.76. The van der Waals surface area contributed by atoms with Crippen LogP contribution < -0.4 is 5.32 Å². The van der Waals surface area contributed by atoms with E-state index in [4.69, 9.17) is 0 Å². The Hall–Kier alpha value is -2.97. The van der Waals surface area contributed by atoms with Crippen molar-refractivity contribution in [3.63, 3.8) is 0 Å². The summed E-state index contributed by atoms with van der Waals surface area (Å²) in [6, 6.07) is 17.4. The zero-order valence-corrected chi connectivity index (χ0v) is 18.4. The molecule has 1 fully saturated rings. The molecule has 0 saturated carbocycles. The molecule has 1 aromatic heterocycles. The number of hydrogen-bond acceptors (Lipinski definition) is 6. The number of thiazole rings is 1. The van der Waals surface area contributed by atoms with Gasteiger partial charge >= 0.3 is 0 Å². The molecule has 1 aliphatic rings. The lowest BCUT2D eigenvalue weighted by Gasteiger charge is -2.12. The van der Waals surface area contributed by atoms with Crippen LogP contribution in [-0.4, -0.2) is 40.0 Å². The van der Waals surface area contributed by atoms with Gasteiger partial charge < -0.3 is 5.32 Å². The summed E-state index contributed by atoms with van der Waals surface area (Å²) in [4.78, 5) is 42.9. The van der Waals surface area contributed by atoms with Crippen LogP contribution in [0.15, 0.2) is 59.5 Å². The Labute approximate surface area is 188 Å². The van der Waals surface area contributed by atoms with Crippen molar-refractivity contribution in [3.05, 3.63) is 70.1 Å². The number of aromatic nitrogens is 1. The molecule has 0 bridgehead atoms. The van der Waals surface area contributed by atoms with Crippen molar-refractivity contribution in [3.8, 4) is 0 Å². The van der Waals surface area contributed by atoms with Gasteiger partial charge in [-0.2, -0.15) is 0 Å². The smallest absolute Gasteiger partial charge is 0.293 e. The molecule has 0 radical (unpaired) electrons. The molecule has 0 atom stereocenters. The summed E-state index contributed by atoms with van der Waals surface area (Å²) < 4.78 is 1.15. The lowest BCUT2D eigenvalue weighted by atomic mass is 10.2. The number of nitrogens with one attached hydrogen (secondary N) is 1. The number of carbonyl (C=O) groups is 3. The van der Waals surface area contributed by atoms with E-state index >= 15 is 0 Å². The molecule has 3 aromatic rings. The maximum absolute atomic E-state index is 12.5. The molecular formula is C23H21N3O3S2. The summed E-state index contributed by atoms with van der Waals surface area (Å²) in [5, 5.41) is 3.51. The first-order valence-corrected chi connectivity index (χ1v) is 11.6. The lowest BCUT2D eigenvalue weighted by Crippen LogP contribution is -2.37. The van der Waals surface area contributed by atoms with Gasteiger partial charge in [-0.05, 0) is 48.4 Å². The summed E-state index contributed by atoms with van der Waals surface area (Å²) >= 11 is 2.58. The Morgan fingerprint density at radius 2 is 1.84 bits per heavy atom. The van der Waals surface area contributed by atoms with Gasteiger partial charge in [0, 0.05) is 19.5 Å². The molecule has 158 valence electrons. The van der Waals surface area contributed by atoms with Crippen molar-refractivity contribution in [1.29, 1.82) is 0 Å². The molecule has 1 aliphatic heterocycles. The number of nitrogens with zero attached hydrogens (tertiary/aromatic N) is 2. The van der Waals surface area contributed by atoms with E-state index in [2.05, 4.69) is 10.3 Å². The molecule has 2 aromatic carbocycles. The maximum atomic E-state index is 12.5. The van der Waals surface area contributed by atoms with Crippen molar-refractivity contribution >= 4 is 56.4 Å². The normalized spacial score (nSPS) is 15.2. The minimum absolute atomic E-state index is 0.0899. The Morgan fingerprint density at radius 1 is 1.06 bits per heavy atom. The lowest BCUT2D eigenvalue weighted by molar-refractivity contribution is -0.124. The number of para-hydroxylation sites is 1. The standard InChI is InChI=1S/C23H21N3O3S2/c27-20(11-6-12-21-25-17-9-4-5-10-18(17)30-21)24-13-14-26-22(28)19(31-23(26)29)15-16-7-2-1-3-8-16/h1-5,7-10,15H,6,11-14H2,(H,24,27). The van der Waals surface area contributed by atoms with E-state index in [1.807, 2.05) is 54.6 Å². The number of benzene rings is 2. The Kier molecular flexibility index (Phi) is 6.79. The van der Waals surface area contributed by atoms with Gasteiger partial charge in [-0.1, -0.05) is 42.5 Å². The molecule has 4 rings (SSSR count). The quantitative estimate of drug-likeness (QED) is 0.511. The number of amides is 3. The van der Waals surface area contributed by atoms with Crippen molar-refractivity contribution in [2.24, 2.45) is 0 Å². The predicted molar refractivity (Wildman–Crippen MR) is 125 cm³/mol. The summed E-state index contributed by atoms with van der Waals surface area (Å²) in [6.07, 6.45) is 3.55. The predicted octanol–water partition coefficient (Wildman–Crippen LogP) is 4.47. The fraction of sp³-hybridized carbons (Fsp3) is 0.217. The topological polar surface area (TPSA) is 79.4 Å². The first-order valence-electron chi connectivity index (χ1n) is 10.0. The monoisotopic (exact) mass is 451 g/mol. The average Bonchev–Trinajstić information content (AvgIpc) is 3.30. The highest BCUT2D eigenvalue weighted by atomic mass is 32.2. The minimum Gasteiger partial charge on any atom is -0.354 e. The average molecular weight is 452 g/mol. The highest BCUT2D eigenvalue weighted by Gasteiger charge is 2.34. The van der Waals surface area contributed by atoms with Crippen LogP contribution in [0.5, 0.6) is 0 Å². The molecule has 8 heteroatoms. The molecule has 2 heterocycles. The van der Waals surface area contributed by atoms with E-state index in [1.54, 1.807) is 17.4 Å². The SMILES string of the molecule is O=C(CCCc1nc2ccccc2s1)NCCN1C(=O)SC(=Cc2ccccc2)C1=O. The maximum Gasteiger partial charge on any atom is 0.293 e. The fourth-order valence-corrected chi connectivity index (χ4v) is 5.09. The first kappa shape index (κ1) is 21.3. The van der Waals surface area contributed by atoms with Crippen LogP contribution >= 0.6 is 23.1 Å². The third-order valence-electron chi connectivity index (χ3n) is 4.76. The Morgan fingerprint density at radius 3 is 2.65 bits per heavy atom. The van der Waals surface area contributed by atoms with Gasteiger partial charge in [0.15, 0.2) is 0 Å². The van der Waals surface area contributed by atoms with E-state index in [0.29, 0.717) is 17.7 Å². The van der Waals surface area contributed by atoms with Crippen LogP contribution in [0.1, 0.15) is 23.4 Å². The van der Waals surface area contributed by atoms with E-state index in [9.17, 15) is 14.4 Å². The molecule has 6 nitrogen and oxygen atoms in total. The number of imide groups is 1. The number of thioether (sulfide) groups is 1. The number of carbonyl (C=O) groups excluding carboxylic acids is 3. The van der Waals surface area contributed by atoms with E-state index < -0.39 is 0 Å². The van der Waals surface area contributed by atoms with Gasteiger partial charge in [0.1, 0.15) is 0 Å². The van der Waals surface area contributed by atoms with E-state index in [1.165, 1.54) is 4.90 Å². The van der Waals surface area contributed by atoms with Gasteiger partial charge in [0.05, 0.1) is 20.1 Å². The number of aryl methyl sites for hydroxylation is 1. The molecule has 3 amide bonds. The van der Waals surface area contributed by atoms with Gasteiger partial charge in [-0.3, -0.25) is 19.3 Å². The number of rotatable bonds is 8. The highest BCUT2D eigenvalue weighted by molar-refractivity contribution is 8.18. The van der Waals surface area contributed by atoms with Gasteiger partial charge in [0.2, 0.25) is 5.91 Å². The summed E-state index contributed by atoms with van der Waals surface area (Å²) in [5.41, 5.74) is 1.86. The van der Waals surface area contributed by atoms with Crippen LogP contribution in [-0.2, 0) is 16.0 Å². The summed E-state index contributed by atoms with van der Waals surface area (Å²) in [7, 11) is 0. The van der Waals surface area contributed by atoms with Gasteiger partial charge in [0.25, 0.3) is 11.1 Å². The molecule has 0 spiro atoms.